The fraction of sp³-hybridized carbons (Fsp3) is 0.700. The van der Waals surface area contributed by atoms with Crippen molar-refractivity contribution in [3.05, 3.63) is 16.4 Å². The van der Waals surface area contributed by atoms with E-state index in [1.54, 1.807) is 11.6 Å². The minimum Gasteiger partial charge on any atom is -0.359 e. The van der Waals surface area contributed by atoms with Gasteiger partial charge in [-0.05, 0) is 42.8 Å². The summed E-state index contributed by atoms with van der Waals surface area (Å²) in [6.07, 6.45) is 3.34. The molecule has 94 valence electrons. The smallest absolute Gasteiger partial charge is 0.359 e. The van der Waals surface area contributed by atoms with Gasteiger partial charge < -0.3 is 20.7 Å². The topological polar surface area (TPSA) is 85.0 Å². The van der Waals surface area contributed by atoms with Gasteiger partial charge in [-0.1, -0.05) is 0 Å². The number of nitrogens with zero attached hydrogens (tertiary/aromatic N) is 3. The molecule has 7 nitrogen and oxygen atoms in total. The normalized spacial score (nSPS) is 18.9. The first-order valence-corrected chi connectivity index (χ1v) is 5.66. The summed E-state index contributed by atoms with van der Waals surface area (Å²) in [5.74, 6) is 0.381. The molecule has 2 N–H and O–H groups in total. The molecule has 1 aromatic rings. The summed E-state index contributed by atoms with van der Waals surface area (Å²) in [7, 11) is 1.76. The van der Waals surface area contributed by atoms with Gasteiger partial charge in [-0.15, -0.1) is 0 Å². The maximum Gasteiger partial charge on any atom is 0.406 e. The van der Waals surface area contributed by atoms with E-state index in [2.05, 4.69) is 22.5 Å². The van der Waals surface area contributed by atoms with Crippen LogP contribution in [-0.2, 0) is 7.05 Å². The molecule has 1 fully saturated rings. The second-order valence-electron chi connectivity index (χ2n) is 4.72. The van der Waals surface area contributed by atoms with E-state index in [-0.39, 0.29) is 11.4 Å². The number of hydrogen-bond donors (Lipinski definition) is 2. The number of nitro groups is 1. The molecular weight excluding hydrogens is 222 g/mol. The Morgan fingerprint density at radius 3 is 2.82 bits per heavy atom. The number of nitrogens with one attached hydrogen (secondary N) is 2. The van der Waals surface area contributed by atoms with Crippen LogP contribution in [0.3, 0.4) is 0 Å². The zero-order valence-electron chi connectivity index (χ0n) is 10.1. The van der Waals surface area contributed by atoms with E-state index < -0.39 is 4.92 Å². The van der Waals surface area contributed by atoms with Crippen molar-refractivity contribution in [2.45, 2.75) is 25.3 Å². The highest BCUT2D eigenvalue weighted by Crippen LogP contribution is 2.28. The molecule has 17 heavy (non-hydrogen) atoms. The van der Waals surface area contributed by atoms with Crippen molar-refractivity contribution >= 4 is 11.6 Å². The van der Waals surface area contributed by atoms with Crippen molar-refractivity contribution in [3.8, 4) is 0 Å². The molecule has 1 aromatic heterocycles. The molecule has 0 atom stereocenters. The number of hydrogen-bond acceptors (Lipinski definition) is 5. The molecule has 2 rings (SSSR count). The lowest BCUT2D eigenvalue weighted by Gasteiger charge is -2.35. The van der Waals surface area contributed by atoms with Gasteiger partial charge in [0.1, 0.15) is 0 Å². The molecular formula is C10H17N5O2. The molecule has 2 heterocycles. The van der Waals surface area contributed by atoms with E-state index in [0.717, 1.165) is 25.9 Å². The Morgan fingerprint density at radius 2 is 2.24 bits per heavy atom. The first kappa shape index (κ1) is 11.8. The Kier molecular flexibility index (Phi) is 3.01. The van der Waals surface area contributed by atoms with Crippen LogP contribution in [0.5, 0.6) is 0 Å². The summed E-state index contributed by atoms with van der Waals surface area (Å²) >= 11 is 0. The predicted molar refractivity (Wildman–Crippen MR) is 64.0 cm³/mol. The molecule has 1 saturated heterocycles. The summed E-state index contributed by atoms with van der Waals surface area (Å²) in [6, 6.07) is 0. The Labute approximate surface area is 99.4 Å². The van der Waals surface area contributed by atoms with Crippen LogP contribution in [-0.4, -0.2) is 33.1 Å². The number of imidazole rings is 1. The van der Waals surface area contributed by atoms with Gasteiger partial charge in [0.05, 0.1) is 0 Å². The average molecular weight is 239 g/mol. The monoisotopic (exact) mass is 239 g/mol. The lowest BCUT2D eigenvalue weighted by Crippen LogP contribution is -2.45. The van der Waals surface area contributed by atoms with Crippen molar-refractivity contribution < 1.29 is 4.92 Å². The van der Waals surface area contributed by atoms with Gasteiger partial charge in [-0.25, -0.2) is 0 Å². The second kappa shape index (κ2) is 4.33. The zero-order chi connectivity index (χ0) is 12.5. The van der Waals surface area contributed by atoms with Crippen LogP contribution >= 0.6 is 0 Å². The summed E-state index contributed by atoms with van der Waals surface area (Å²) in [5.41, 5.74) is -0.107. The Balaban J connectivity index is 2.22. The fourth-order valence-corrected chi connectivity index (χ4v) is 2.08. The van der Waals surface area contributed by atoms with Gasteiger partial charge in [0.25, 0.3) is 0 Å². The van der Waals surface area contributed by atoms with Crippen molar-refractivity contribution in [2.24, 2.45) is 7.05 Å². The molecule has 1 aliphatic heterocycles. The van der Waals surface area contributed by atoms with E-state index in [4.69, 9.17) is 0 Å². The SMILES string of the molecule is Cn1cnc([N+](=O)[O-])c1NC1(C)CCNCC1. The molecule has 0 saturated carbocycles. The van der Waals surface area contributed by atoms with Gasteiger partial charge in [0, 0.05) is 12.6 Å². The van der Waals surface area contributed by atoms with Crippen molar-refractivity contribution in [1.82, 2.24) is 14.9 Å². The fourth-order valence-electron chi connectivity index (χ4n) is 2.08. The molecule has 0 aliphatic carbocycles. The highest BCUT2D eigenvalue weighted by atomic mass is 16.6. The van der Waals surface area contributed by atoms with E-state index >= 15 is 0 Å². The molecule has 0 amide bonds. The van der Waals surface area contributed by atoms with Crippen molar-refractivity contribution in [2.75, 3.05) is 18.4 Å². The quantitative estimate of drug-likeness (QED) is 0.604. The number of rotatable bonds is 3. The molecule has 1 aliphatic rings. The largest absolute Gasteiger partial charge is 0.406 e. The van der Waals surface area contributed by atoms with Gasteiger partial charge in [0.2, 0.25) is 12.1 Å². The standard InChI is InChI=1S/C10H17N5O2/c1-10(3-5-11-6-4-10)13-9-8(15(16)17)12-7-14(9)2/h7,11,13H,3-6H2,1-2H3. The van der Waals surface area contributed by atoms with E-state index in [1.807, 2.05) is 0 Å². The third-order valence-electron chi connectivity index (χ3n) is 3.22. The lowest BCUT2D eigenvalue weighted by molar-refractivity contribution is -0.388. The van der Waals surface area contributed by atoms with Crippen LogP contribution in [0, 0.1) is 10.1 Å². The molecule has 7 heteroatoms. The minimum absolute atomic E-state index is 0.104. The van der Waals surface area contributed by atoms with Crippen molar-refractivity contribution in [1.29, 1.82) is 0 Å². The lowest BCUT2D eigenvalue weighted by atomic mass is 9.91. The maximum atomic E-state index is 10.9. The molecule has 0 bridgehead atoms. The highest BCUT2D eigenvalue weighted by molar-refractivity contribution is 5.53. The maximum absolute atomic E-state index is 10.9. The molecule has 0 spiro atoms. The zero-order valence-corrected chi connectivity index (χ0v) is 10.1. The van der Waals surface area contributed by atoms with Crippen LogP contribution in [0.2, 0.25) is 0 Å². The molecule has 0 radical (unpaired) electrons. The van der Waals surface area contributed by atoms with Crippen LogP contribution in [0.4, 0.5) is 11.6 Å². The van der Waals surface area contributed by atoms with Gasteiger partial charge in [-0.2, -0.15) is 0 Å². The van der Waals surface area contributed by atoms with Crippen LogP contribution in [0.1, 0.15) is 19.8 Å². The minimum atomic E-state index is -0.452. The van der Waals surface area contributed by atoms with Gasteiger partial charge in [0.15, 0.2) is 0 Å². The molecule has 0 unspecified atom stereocenters. The number of piperidine rings is 1. The number of aromatic nitrogens is 2. The average Bonchev–Trinajstić information content (AvgIpc) is 2.61. The summed E-state index contributed by atoms with van der Waals surface area (Å²) in [6.45, 7) is 3.94. The van der Waals surface area contributed by atoms with Crippen LogP contribution in [0.25, 0.3) is 0 Å². The van der Waals surface area contributed by atoms with Gasteiger partial charge in [-0.3, -0.25) is 4.57 Å². The second-order valence-corrected chi connectivity index (χ2v) is 4.72. The van der Waals surface area contributed by atoms with Crippen LogP contribution in [0.15, 0.2) is 6.33 Å². The Hall–Kier alpha value is -1.63. The summed E-state index contributed by atoms with van der Waals surface area (Å²) in [5, 5.41) is 17.4. The Morgan fingerprint density at radius 1 is 1.59 bits per heavy atom. The van der Waals surface area contributed by atoms with E-state index in [1.165, 1.54) is 6.33 Å². The van der Waals surface area contributed by atoms with Gasteiger partial charge >= 0.3 is 5.82 Å². The van der Waals surface area contributed by atoms with Crippen molar-refractivity contribution in [3.63, 3.8) is 0 Å². The highest BCUT2D eigenvalue weighted by Gasteiger charge is 2.31. The first-order chi connectivity index (χ1) is 8.02. The number of anilines is 1. The summed E-state index contributed by atoms with van der Waals surface area (Å²) in [4.78, 5) is 14.2. The third-order valence-corrected chi connectivity index (χ3v) is 3.22. The third kappa shape index (κ3) is 2.38. The molecule has 0 aromatic carbocycles. The first-order valence-electron chi connectivity index (χ1n) is 5.66. The van der Waals surface area contributed by atoms with E-state index in [0.29, 0.717) is 5.82 Å². The Bertz CT molecular complexity index is 422. The predicted octanol–water partition coefficient (Wildman–Crippen LogP) is 0.882. The summed E-state index contributed by atoms with van der Waals surface area (Å²) < 4.78 is 1.66. The van der Waals surface area contributed by atoms with E-state index in [9.17, 15) is 10.1 Å². The van der Waals surface area contributed by atoms with Crippen LogP contribution < -0.4 is 10.6 Å². The number of aryl methyl sites for hydroxylation is 1.